The standard InChI is InChI=1S/C19H23NO4S/c1-12-8-13(2)19(14(3)9-12)25(21,22)20-16-10-15-6-5-7-17(23-4)18(15)24-11-16/h5-9,16,20H,10-11H2,1-4H3. The number of fused-ring (bicyclic) bond motifs is 1. The summed E-state index contributed by atoms with van der Waals surface area (Å²) in [6.45, 7) is 5.89. The van der Waals surface area contributed by atoms with Crippen LogP contribution in [-0.4, -0.2) is 28.2 Å². The molecule has 1 atom stereocenters. The van der Waals surface area contributed by atoms with Crippen LogP contribution in [-0.2, 0) is 16.4 Å². The van der Waals surface area contributed by atoms with Crippen LogP contribution in [0.1, 0.15) is 22.3 Å². The van der Waals surface area contributed by atoms with E-state index in [9.17, 15) is 8.42 Å². The van der Waals surface area contributed by atoms with Gasteiger partial charge < -0.3 is 9.47 Å². The van der Waals surface area contributed by atoms with Crippen molar-refractivity contribution in [1.29, 1.82) is 0 Å². The van der Waals surface area contributed by atoms with Crippen molar-refractivity contribution in [2.24, 2.45) is 0 Å². The normalized spacial score (nSPS) is 16.9. The Balaban J connectivity index is 1.86. The maximum Gasteiger partial charge on any atom is 0.241 e. The average molecular weight is 361 g/mol. The highest BCUT2D eigenvalue weighted by Gasteiger charge is 2.28. The van der Waals surface area contributed by atoms with Gasteiger partial charge in [-0.25, -0.2) is 13.1 Å². The van der Waals surface area contributed by atoms with Crippen LogP contribution < -0.4 is 14.2 Å². The number of rotatable bonds is 4. The van der Waals surface area contributed by atoms with Gasteiger partial charge in [0.2, 0.25) is 10.0 Å². The molecule has 1 aliphatic rings. The second-order valence-electron chi connectivity index (χ2n) is 6.51. The van der Waals surface area contributed by atoms with Gasteiger partial charge in [-0.1, -0.05) is 29.8 Å². The molecule has 0 aliphatic carbocycles. The first-order chi connectivity index (χ1) is 11.8. The number of sulfonamides is 1. The van der Waals surface area contributed by atoms with E-state index in [0.717, 1.165) is 22.3 Å². The molecule has 0 amide bonds. The summed E-state index contributed by atoms with van der Waals surface area (Å²) in [5.74, 6) is 1.37. The van der Waals surface area contributed by atoms with Gasteiger partial charge >= 0.3 is 0 Å². The first-order valence-corrected chi connectivity index (χ1v) is 9.69. The summed E-state index contributed by atoms with van der Waals surface area (Å²) in [6.07, 6.45) is 0.565. The van der Waals surface area contributed by atoms with Gasteiger partial charge in [0.25, 0.3) is 0 Å². The van der Waals surface area contributed by atoms with E-state index in [1.807, 2.05) is 51.1 Å². The summed E-state index contributed by atoms with van der Waals surface area (Å²) in [7, 11) is -2.02. The highest BCUT2D eigenvalue weighted by Crippen LogP contribution is 2.35. The van der Waals surface area contributed by atoms with Crippen molar-refractivity contribution in [2.75, 3.05) is 13.7 Å². The molecule has 1 heterocycles. The fraction of sp³-hybridized carbons (Fsp3) is 0.368. The third-order valence-electron chi connectivity index (χ3n) is 4.37. The molecule has 0 spiro atoms. The first kappa shape index (κ1) is 17.8. The Morgan fingerprint density at radius 3 is 2.48 bits per heavy atom. The molecule has 0 saturated heterocycles. The number of methoxy groups -OCH3 is 1. The molecule has 1 N–H and O–H groups in total. The number of hydrogen-bond donors (Lipinski definition) is 1. The molecule has 2 aromatic carbocycles. The van der Waals surface area contributed by atoms with Crippen molar-refractivity contribution in [2.45, 2.75) is 38.1 Å². The SMILES string of the molecule is COc1cccc2c1OCC(NS(=O)(=O)c1c(C)cc(C)cc1C)C2. The number of benzene rings is 2. The third-order valence-corrected chi connectivity index (χ3v) is 6.20. The summed E-state index contributed by atoms with van der Waals surface area (Å²) in [4.78, 5) is 0.356. The van der Waals surface area contributed by atoms with E-state index in [-0.39, 0.29) is 12.6 Å². The van der Waals surface area contributed by atoms with Crippen LogP contribution in [0.3, 0.4) is 0 Å². The van der Waals surface area contributed by atoms with E-state index in [1.165, 1.54) is 0 Å². The number of aryl methyl sites for hydroxylation is 3. The average Bonchev–Trinajstić information content (AvgIpc) is 2.52. The molecule has 6 heteroatoms. The van der Waals surface area contributed by atoms with Gasteiger partial charge in [-0.3, -0.25) is 0 Å². The Morgan fingerprint density at radius 2 is 1.84 bits per heavy atom. The molecule has 0 saturated carbocycles. The molecule has 0 aromatic heterocycles. The van der Waals surface area contributed by atoms with Crippen molar-refractivity contribution < 1.29 is 17.9 Å². The molecular formula is C19H23NO4S. The smallest absolute Gasteiger partial charge is 0.241 e. The zero-order valence-electron chi connectivity index (χ0n) is 14.9. The van der Waals surface area contributed by atoms with E-state index in [4.69, 9.17) is 9.47 Å². The summed E-state index contributed by atoms with van der Waals surface area (Å²) in [6, 6.07) is 9.11. The Morgan fingerprint density at radius 1 is 1.16 bits per heavy atom. The molecule has 134 valence electrons. The second-order valence-corrected chi connectivity index (χ2v) is 8.16. The van der Waals surface area contributed by atoms with E-state index in [0.29, 0.717) is 22.8 Å². The minimum absolute atomic E-state index is 0.274. The van der Waals surface area contributed by atoms with Crippen molar-refractivity contribution in [3.8, 4) is 11.5 Å². The van der Waals surface area contributed by atoms with E-state index < -0.39 is 10.0 Å². The largest absolute Gasteiger partial charge is 0.493 e. The molecule has 5 nitrogen and oxygen atoms in total. The Bertz CT molecular complexity index is 883. The van der Waals surface area contributed by atoms with E-state index >= 15 is 0 Å². The zero-order valence-corrected chi connectivity index (χ0v) is 15.7. The Labute approximate surface area is 149 Å². The number of nitrogens with one attached hydrogen (secondary N) is 1. The van der Waals surface area contributed by atoms with Gasteiger partial charge in [-0.2, -0.15) is 0 Å². The minimum atomic E-state index is -3.62. The minimum Gasteiger partial charge on any atom is -0.493 e. The lowest BCUT2D eigenvalue weighted by Gasteiger charge is -2.27. The number of hydrogen-bond acceptors (Lipinski definition) is 4. The lowest BCUT2D eigenvalue weighted by molar-refractivity contribution is 0.240. The molecule has 0 radical (unpaired) electrons. The predicted molar refractivity (Wildman–Crippen MR) is 97.0 cm³/mol. The predicted octanol–water partition coefficient (Wildman–Crippen LogP) is 2.90. The van der Waals surface area contributed by atoms with Gasteiger partial charge in [-0.05, 0) is 49.9 Å². The van der Waals surface area contributed by atoms with Crippen LogP contribution in [0.15, 0.2) is 35.2 Å². The fourth-order valence-corrected chi connectivity index (χ4v) is 5.17. The van der Waals surface area contributed by atoms with Crippen molar-refractivity contribution >= 4 is 10.0 Å². The lowest BCUT2D eigenvalue weighted by Crippen LogP contribution is -2.43. The Hall–Kier alpha value is -2.05. The molecule has 1 unspecified atom stereocenters. The zero-order chi connectivity index (χ0) is 18.2. The number of ether oxygens (including phenoxy) is 2. The molecule has 1 aliphatic heterocycles. The maximum atomic E-state index is 12.9. The van der Waals surface area contributed by atoms with Crippen LogP contribution in [0, 0.1) is 20.8 Å². The summed E-state index contributed by atoms with van der Waals surface area (Å²) >= 11 is 0. The van der Waals surface area contributed by atoms with Crippen molar-refractivity contribution in [3.63, 3.8) is 0 Å². The van der Waals surface area contributed by atoms with Crippen LogP contribution in [0.4, 0.5) is 0 Å². The van der Waals surface area contributed by atoms with Crippen LogP contribution in [0.25, 0.3) is 0 Å². The van der Waals surface area contributed by atoms with Crippen LogP contribution in [0.5, 0.6) is 11.5 Å². The maximum absolute atomic E-state index is 12.9. The van der Waals surface area contributed by atoms with Crippen LogP contribution in [0.2, 0.25) is 0 Å². The summed E-state index contributed by atoms with van der Waals surface area (Å²) < 4.78 is 39.7. The molecule has 25 heavy (non-hydrogen) atoms. The quantitative estimate of drug-likeness (QED) is 0.909. The van der Waals surface area contributed by atoms with Gasteiger partial charge in [-0.15, -0.1) is 0 Å². The van der Waals surface area contributed by atoms with E-state index in [2.05, 4.69) is 4.72 Å². The van der Waals surface area contributed by atoms with Gasteiger partial charge in [0, 0.05) is 0 Å². The van der Waals surface area contributed by atoms with Gasteiger partial charge in [0.1, 0.15) is 6.61 Å². The molecule has 0 fully saturated rings. The monoisotopic (exact) mass is 361 g/mol. The lowest BCUT2D eigenvalue weighted by atomic mass is 10.0. The van der Waals surface area contributed by atoms with Crippen molar-refractivity contribution in [3.05, 3.63) is 52.6 Å². The highest BCUT2D eigenvalue weighted by atomic mass is 32.2. The first-order valence-electron chi connectivity index (χ1n) is 8.20. The molecule has 3 rings (SSSR count). The van der Waals surface area contributed by atoms with Crippen molar-refractivity contribution in [1.82, 2.24) is 4.72 Å². The Kier molecular flexibility index (Phi) is 4.75. The van der Waals surface area contributed by atoms with Gasteiger partial charge in [0.05, 0.1) is 18.0 Å². The van der Waals surface area contributed by atoms with E-state index in [1.54, 1.807) is 7.11 Å². The topological polar surface area (TPSA) is 64.6 Å². The highest BCUT2D eigenvalue weighted by molar-refractivity contribution is 7.89. The molecule has 0 bridgehead atoms. The fourth-order valence-electron chi connectivity index (χ4n) is 3.50. The summed E-state index contributed by atoms with van der Waals surface area (Å²) in [5.41, 5.74) is 3.50. The molecular weight excluding hydrogens is 338 g/mol. The van der Waals surface area contributed by atoms with Crippen LogP contribution >= 0.6 is 0 Å². The third kappa shape index (κ3) is 3.50. The second kappa shape index (κ2) is 6.69. The number of para-hydroxylation sites is 1. The summed E-state index contributed by atoms with van der Waals surface area (Å²) in [5, 5.41) is 0. The van der Waals surface area contributed by atoms with Gasteiger partial charge in [0.15, 0.2) is 11.5 Å². The molecule has 2 aromatic rings.